The zero-order valence-electron chi connectivity index (χ0n) is 10.0. The minimum atomic E-state index is -0.0366. The fraction of sp³-hybridized carbons (Fsp3) is 1.00. The van der Waals surface area contributed by atoms with Gasteiger partial charge in [-0.2, -0.15) is 0 Å². The topological polar surface area (TPSA) is 41.5 Å². The van der Waals surface area contributed by atoms with Crippen LogP contribution in [0.4, 0.5) is 0 Å². The normalized spacial score (nSPS) is 27.2. The van der Waals surface area contributed by atoms with Crippen LogP contribution in [-0.2, 0) is 4.74 Å². The number of aliphatic hydroxyl groups is 1. The summed E-state index contributed by atoms with van der Waals surface area (Å²) in [4.78, 5) is 0. The number of hydrogen-bond donors (Lipinski definition) is 2. The Morgan fingerprint density at radius 2 is 1.93 bits per heavy atom. The van der Waals surface area contributed by atoms with E-state index in [0.717, 1.165) is 38.5 Å². The van der Waals surface area contributed by atoms with Crippen LogP contribution in [0.2, 0.25) is 0 Å². The molecule has 3 nitrogen and oxygen atoms in total. The molecule has 15 heavy (non-hydrogen) atoms. The van der Waals surface area contributed by atoms with Crippen LogP contribution in [-0.4, -0.2) is 37.0 Å². The first kappa shape index (κ1) is 12.9. The number of nitrogens with one attached hydrogen (secondary N) is 1. The molecule has 1 fully saturated rings. The van der Waals surface area contributed by atoms with E-state index >= 15 is 0 Å². The van der Waals surface area contributed by atoms with E-state index in [-0.39, 0.29) is 6.10 Å². The molecule has 0 bridgehead atoms. The molecule has 1 saturated carbocycles. The number of aliphatic hydroxyl groups excluding tert-OH is 1. The largest absolute Gasteiger partial charge is 0.393 e. The summed E-state index contributed by atoms with van der Waals surface area (Å²) < 4.78 is 5.45. The Kier molecular flexibility index (Phi) is 6.22. The quantitative estimate of drug-likeness (QED) is 0.661. The van der Waals surface area contributed by atoms with E-state index in [4.69, 9.17) is 4.74 Å². The maximum Gasteiger partial charge on any atom is 0.0594 e. The van der Waals surface area contributed by atoms with E-state index in [1.165, 1.54) is 12.8 Å². The minimum absolute atomic E-state index is 0.0366. The molecule has 0 unspecified atom stereocenters. The second-order valence-electron chi connectivity index (χ2n) is 4.80. The van der Waals surface area contributed by atoms with Crippen LogP contribution in [0, 0.1) is 5.92 Å². The third kappa shape index (κ3) is 6.13. The summed E-state index contributed by atoms with van der Waals surface area (Å²) in [5.41, 5.74) is 0. The van der Waals surface area contributed by atoms with Gasteiger partial charge in [0.15, 0.2) is 0 Å². The van der Waals surface area contributed by atoms with Gasteiger partial charge >= 0.3 is 0 Å². The Morgan fingerprint density at radius 1 is 1.27 bits per heavy atom. The number of hydrogen-bond acceptors (Lipinski definition) is 3. The molecule has 0 amide bonds. The van der Waals surface area contributed by atoms with Gasteiger partial charge in [-0.05, 0) is 52.0 Å². The second-order valence-corrected chi connectivity index (χ2v) is 4.80. The van der Waals surface area contributed by atoms with Gasteiger partial charge in [-0.15, -0.1) is 0 Å². The molecular formula is C12H25NO2. The molecule has 3 heteroatoms. The lowest BCUT2D eigenvalue weighted by atomic mass is 9.87. The lowest BCUT2D eigenvalue weighted by Crippen LogP contribution is -2.30. The van der Waals surface area contributed by atoms with Crippen molar-refractivity contribution < 1.29 is 9.84 Å². The van der Waals surface area contributed by atoms with Crippen molar-refractivity contribution in [3.63, 3.8) is 0 Å². The van der Waals surface area contributed by atoms with Crippen LogP contribution < -0.4 is 5.32 Å². The molecule has 0 atom stereocenters. The van der Waals surface area contributed by atoms with E-state index in [1.807, 2.05) is 0 Å². The van der Waals surface area contributed by atoms with Crippen molar-refractivity contribution in [2.75, 3.05) is 19.7 Å². The van der Waals surface area contributed by atoms with Crippen molar-refractivity contribution in [3.05, 3.63) is 0 Å². The fourth-order valence-corrected chi connectivity index (χ4v) is 2.02. The lowest BCUT2D eigenvalue weighted by molar-refractivity contribution is 0.0780. The fourth-order valence-electron chi connectivity index (χ4n) is 2.02. The first-order valence-corrected chi connectivity index (χ1v) is 6.19. The van der Waals surface area contributed by atoms with Crippen molar-refractivity contribution >= 4 is 0 Å². The molecule has 0 aromatic rings. The molecule has 0 spiro atoms. The predicted molar refractivity (Wildman–Crippen MR) is 61.9 cm³/mol. The molecular weight excluding hydrogens is 190 g/mol. The first-order chi connectivity index (χ1) is 7.18. The number of rotatable bonds is 6. The van der Waals surface area contributed by atoms with Crippen molar-refractivity contribution in [2.45, 2.75) is 51.7 Å². The molecule has 1 aliphatic carbocycles. The molecule has 0 radical (unpaired) electrons. The van der Waals surface area contributed by atoms with E-state index < -0.39 is 0 Å². The molecule has 0 aliphatic heterocycles. The Bertz CT molecular complexity index is 154. The van der Waals surface area contributed by atoms with Crippen LogP contribution in [0.15, 0.2) is 0 Å². The highest BCUT2D eigenvalue weighted by molar-refractivity contribution is 4.72. The van der Waals surface area contributed by atoms with Gasteiger partial charge < -0.3 is 15.2 Å². The highest BCUT2D eigenvalue weighted by atomic mass is 16.5. The van der Waals surface area contributed by atoms with Crippen LogP contribution in [0.1, 0.15) is 39.5 Å². The Morgan fingerprint density at radius 3 is 2.53 bits per heavy atom. The zero-order chi connectivity index (χ0) is 11.1. The molecule has 0 heterocycles. The summed E-state index contributed by atoms with van der Waals surface area (Å²) in [5, 5.41) is 12.8. The van der Waals surface area contributed by atoms with E-state index in [9.17, 15) is 5.11 Å². The summed E-state index contributed by atoms with van der Waals surface area (Å²) in [6.45, 7) is 6.93. The molecule has 90 valence electrons. The second kappa shape index (κ2) is 7.20. The van der Waals surface area contributed by atoms with Crippen molar-refractivity contribution in [2.24, 2.45) is 5.92 Å². The zero-order valence-corrected chi connectivity index (χ0v) is 10.0. The maximum absolute atomic E-state index is 9.36. The lowest BCUT2D eigenvalue weighted by Gasteiger charge is -2.25. The van der Waals surface area contributed by atoms with Gasteiger partial charge in [-0.3, -0.25) is 0 Å². The average molecular weight is 215 g/mol. The third-order valence-electron chi connectivity index (χ3n) is 2.98. The summed E-state index contributed by atoms with van der Waals surface area (Å²) >= 11 is 0. The standard InChI is InChI=1S/C12H25NO2/c1-10(2)15-8-7-13-9-11-3-5-12(14)6-4-11/h10-14H,3-9H2,1-2H3. The molecule has 1 aliphatic rings. The summed E-state index contributed by atoms with van der Waals surface area (Å²) in [7, 11) is 0. The SMILES string of the molecule is CC(C)OCCNCC1CCC(O)CC1. The summed E-state index contributed by atoms with van der Waals surface area (Å²) in [6, 6.07) is 0. The van der Waals surface area contributed by atoms with Crippen LogP contribution in [0.3, 0.4) is 0 Å². The Hall–Kier alpha value is -0.120. The van der Waals surface area contributed by atoms with Crippen LogP contribution in [0.25, 0.3) is 0 Å². The molecule has 0 aromatic carbocycles. The first-order valence-electron chi connectivity index (χ1n) is 6.19. The Labute approximate surface area is 93.2 Å². The highest BCUT2D eigenvalue weighted by Crippen LogP contribution is 2.23. The monoisotopic (exact) mass is 215 g/mol. The van der Waals surface area contributed by atoms with Gasteiger partial charge in [-0.25, -0.2) is 0 Å². The molecule has 0 aromatic heterocycles. The van der Waals surface area contributed by atoms with Gasteiger partial charge in [0, 0.05) is 6.54 Å². The van der Waals surface area contributed by atoms with Gasteiger partial charge in [0.05, 0.1) is 18.8 Å². The highest BCUT2D eigenvalue weighted by Gasteiger charge is 2.18. The van der Waals surface area contributed by atoms with Crippen molar-refractivity contribution in [3.8, 4) is 0 Å². The van der Waals surface area contributed by atoms with E-state index in [0.29, 0.717) is 6.10 Å². The van der Waals surface area contributed by atoms with Crippen molar-refractivity contribution in [1.29, 1.82) is 0 Å². The molecule has 2 N–H and O–H groups in total. The molecule has 1 rings (SSSR count). The minimum Gasteiger partial charge on any atom is -0.393 e. The van der Waals surface area contributed by atoms with Crippen LogP contribution in [0.5, 0.6) is 0 Å². The third-order valence-corrected chi connectivity index (χ3v) is 2.98. The van der Waals surface area contributed by atoms with Crippen LogP contribution >= 0.6 is 0 Å². The van der Waals surface area contributed by atoms with Gasteiger partial charge in [0.1, 0.15) is 0 Å². The smallest absolute Gasteiger partial charge is 0.0594 e. The van der Waals surface area contributed by atoms with E-state index in [1.54, 1.807) is 0 Å². The molecule has 0 saturated heterocycles. The Balaban J connectivity index is 1.91. The van der Waals surface area contributed by atoms with Gasteiger partial charge in [0.25, 0.3) is 0 Å². The number of ether oxygens (including phenoxy) is 1. The summed E-state index contributed by atoms with van der Waals surface area (Å²) in [6.07, 6.45) is 4.59. The van der Waals surface area contributed by atoms with Gasteiger partial charge in [-0.1, -0.05) is 0 Å². The average Bonchev–Trinajstić information content (AvgIpc) is 2.20. The predicted octanol–water partition coefficient (Wildman–Crippen LogP) is 1.55. The van der Waals surface area contributed by atoms with Crippen molar-refractivity contribution in [1.82, 2.24) is 5.32 Å². The van der Waals surface area contributed by atoms with Gasteiger partial charge in [0.2, 0.25) is 0 Å². The van der Waals surface area contributed by atoms with E-state index in [2.05, 4.69) is 19.2 Å². The maximum atomic E-state index is 9.36. The summed E-state index contributed by atoms with van der Waals surface area (Å²) in [5.74, 6) is 0.757.